The number of nitrogens with one attached hydrogen (secondary N) is 2. The van der Waals surface area contributed by atoms with E-state index in [2.05, 4.69) is 20.8 Å². The van der Waals surface area contributed by atoms with Crippen LogP contribution in [0.1, 0.15) is 23.2 Å². The maximum absolute atomic E-state index is 12.3. The number of nitrogens with zero attached hydrogens (tertiary/aromatic N) is 2. The smallest absolute Gasteiger partial charge is 0.259 e. The predicted octanol–water partition coefficient (Wildman–Crippen LogP) is 3.14. The fraction of sp³-hybridized carbons (Fsp3) is 0.214. The van der Waals surface area contributed by atoms with Crippen molar-refractivity contribution in [1.29, 1.82) is 0 Å². The number of carbonyl (C=O) groups is 2. The second-order valence-corrected chi connectivity index (χ2v) is 5.87. The van der Waals surface area contributed by atoms with Gasteiger partial charge in [-0.05, 0) is 30.2 Å². The maximum atomic E-state index is 12.3. The lowest BCUT2D eigenvalue weighted by atomic mass is 10.1. The molecule has 0 unspecified atom stereocenters. The van der Waals surface area contributed by atoms with Crippen LogP contribution in [0.5, 0.6) is 0 Å². The number of carbonyl (C=O) groups excluding carboxylic acids is 2. The van der Waals surface area contributed by atoms with E-state index in [9.17, 15) is 14.5 Å². The second kappa shape index (κ2) is 6.02. The number of hydrogen-bond donors (Lipinski definition) is 2. The van der Waals surface area contributed by atoms with Crippen molar-refractivity contribution >= 4 is 39.0 Å². The zero-order valence-corrected chi connectivity index (χ0v) is 12.2. The fourth-order valence-electron chi connectivity index (χ4n) is 1.90. The van der Waals surface area contributed by atoms with Gasteiger partial charge in [0.1, 0.15) is 0 Å². The van der Waals surface area contributed by atoms with Crippen molar-refractivity contribution < 1.29 is 9.59 Å². The van der Waals surface area contributed by atoms with E-state index >= 15 is 0 Å². The van der Waals surface area contributed by atoms with Gasteiger partial charge in [0.15, 0.2) is 10.1 Å². The summed E-state index contributed by atoms with van der Waals surface area (Å²) in [5.74, 6) is -0.420. The van der Waals surface area contributed by atoms with Gasteiger partial charge in [0.2, 0.25) is 5.91 Å². The van der Waals surface area contributed by atoms with Gasteiger partial charge in [-0.2, -0.15) is 0 Å². The molecule has 1 heterocycles. The standard InChI is InChI=1S/C14H12N4O3S/c19-12(8-5-6-8)16-10-4-2-1-3-9(10)13(20)17-14-15-7-11(18-21)22-14/h1-4,7-8H,5-6H2,(H,16,19)(H,15,17,20). The van der Waals surface area contributed by atoms with Crippen LogP contribution in [-0.2, 0) is 4.79 Å². The molecule has 1 aromatic heterocycles. The largest absolute Gasteiger partial charge is 0.325 e. The zero-order chi connectivity index (χ0) is 15.5. The Morgan fingerprint density at radius 1 is 1.23 bits per heavy atom. The molecule has 1 aliphatic rings. The lowest BCUT2D eigenvalue weighted by molar-refractivity contribution is -0.117. The average Bonchev–Trinajstić information content (AvgIpc) is 3.28. The number of aromatic nitrogens is 1. The summed E-state index contributed by atoms with van der Waals surface area (Å²) in [5, 5.41) is 8.58. The molecule has 2 aromatic rings. The normalized spacial score (nSPS) is 13.5. The SMILES string of the molecule is O=Nc1cnc(NC(=O)c2ccccc2NC(=O)C2CC2)s1. The fourth-order valence-corrected chi connectivity index (χ4v) is 2.49. The van der Waals surface area contributed by atoms with E-state index in [0.717, 1.165) is 24.2 Å². The van der Waals surface area contributed by atoms with Crippen molar-refractivity contribution in [2.75, 3.05) is 10.6 Å². The van der Waals surface area contributed by atoms with E-state index in [-0.39, 0.29) is 22.0 Å². The number of nitroso groups, excluding NO2 is 1. The summed E-state index contributed by atoms with van der Waals surface area (Å²) < 4.78 is 0. The van der Waals surface area contributed by atoms with Gasteiger partial charge in [-0.15, -0.1) is 4.91 Å². The minimum atomic E-state index is -0.404. The Hall–Kier alpha value is -2.61. The summed E-state index contributed by atoms with van der Waals surface area (Å²) in [6.07, 6.45) is 3.07. The number of thiazole rings is 1. The maximum Gasteiger partial charge on any atom is 0.259 e. The summed E-state index contributed by atoms with van der Waals surface area (Å²) in [5.41, 5.74) is 0.800. The van der Waals surface area contributed by atoms with Crippen LogP contribution in [-0.4, -0.2) is 16.8 Å². The Balaban J connectivity index is 1.76. The monoisotopic (exact) mass is 316 g/mol. The van der Waals surface area contributed by atoms with Gasteiger partial charge in [0.05, 0.1) is 17.4 Å². The van der Waals surface area contributed by atoms with E-state index in [1.807, 2.05) is 0 Å². The van der Waals surface area contributed by atoms with Crippen LogP contribution in [0.2, 0.25) is 0 Å². The van der Waals surface area contributed by atoms with E-state index in [4.69, 9.17) is 0 Å². The summed E-state index contributed by atoms with van der Waals surface area (Å²) >= 11 is 0.981. The van der Waals surface area contributed by atoms with Crippen LogP contribution in [0.3, 0.4) is 0 Å². The first kappa shape index (κ1) is 14.3. The van der Waals surface area contributed by atoms with Crippen molar-refractivity contribution in [3.05, 3.63) is 40.9 Å². The van der Waals surface area contributed by atoms with E-state index < -0.39 is 5.91 Å². The highest BCUT2D eigenvalue weighted by Gasteiger charge is 2.30. The van der Waals surface area contributed by atoms with Crippen LogP contribution in [0.15, 0.2) is 35.6 Å². The molecule has 1 fully saturated rings. The molecule has 112 valence electrons. The predicted molar refractivity (Wildman–Crippen MR) is 83.3 cm³/mol. The van der Waals surface area contributed by atoms with Gasteiger partial charge in [0.25, 0.3) is 5.91 Å². The highest BCUT2D eigenvalue weighted by atomic mass is 32.1. The Kier molecular flexibility index (Phi) is 3.92. The summed E-state index contributed by atoms with van der Waals surface area (Å²) in [6, 6.07) is 6.75. The number of hydrogen-bond acceptors (Lipinski definition) is 6. The van der Waals surface area contributed by atoms with Crippen molar-refractivity contribution in [2.24, 2.45) is 11.1 Å². The zero-order valence-electron chi connectivity index (χ0n) is 11.4. The average molecular weight is 316 g/mol. The number of amides is 2. The van der Waals surface area contributed by atoms with Gasteiger partial charge in [-0.3, -0.25) is 14.9 Å². The van der Waals surface area contributed by atoms with Crippen molar-refractivity contribution in [3.8, 4) is 0 Å². The van der Waals surface area contributed by atoms with Crippen molar-refractivity contribution in [1.82, 2.24) is 4.98 Å². The number of anilines is 2. The van der Waals surface area contributed by atoms with Gasteiger partial charge >= 0.3 is 0 Å². The molecule has 8 heteroatoms. The van der Waals surface area contributed by atoms with E-state index in [0.29, 0.717) is 11.3 Å². The number of benzene rings is 1. The van der Waals surface area contributed by atoms with E-state index in [1.54, 1.807) is 24.3 Å². The molecular formula is C14H12N4O3S. The topological polar surface area (TPSA) is 101 Å². The Labute approximate surface area is 129 Å². The first-order valence-electron chi connectivity index (χ1n) is 6.68. The third-order valence-electron chi connectivity index (χ3n) is 3.18. The minimum Gasteiger partial charge on any atom is -0.325 e. The van der Waals surface area contributed by atoms with Crippen LogP contribution < -0.4 is 10.6 Å². The molecule has 22 heavy (non-hydrogen) atoms. The van der Waals surface area contributed by atoms with Crippen molar-refractivity contribution in [2.45, 2.75) is 12.8 Å². The highest BCUT2D eigenvalue weighted by molar-refractivity contribution is 7.19. The molecule has 0 atom stereocenters. The molecule has 2 N–H and O–H groups in total. The van der Waals surface area contributed by atoms with Crippen LogP contribution in [0.4, 0.5) is 15.8 Å². The first-order valence-corrected chi connectivity index (χ1v) is 7.49. The molecule has 0 bridgehead atoms. The van der Waals surface area contributed by atoms with Gasteiger partial charge < -0.3 is 5.32 Å². The Bertz CT molecular complexity index is 739. The number of para-hydroxylation sites is 1. The second-order valence-electron chi connectivity index (χ2n) is 4.86. The van der Waals surface area contributed by atoms with Gasteiger partial charge in [-0.1, -0.05) is 23.5 Å². The van der Waals surface area contributed by atoms with Crippen LogP contribution in [0, 0.1) is 10.8 Å². The Morgan fingerprint density at radius 2 is 2.00 bits per heavy atom. The molecule has 0 saturated heterocycles. The lowest BCUT2D eigenvalue weighted by Crippen LogP contribution is -2.19. The summed E-state index contributed by atoms with van der Waals surface area (Å²) in [4.78, 5) is 38.4. The molecule has 0 aliphatic heterocycles. The molecule has 0 spiro atoms. The molecule has 7 nitrogen and oxygen atoms in total. The molecule has 1 aromatic carbocycles. The van der Waals surface area contributed by atoms with Crippen LogP contribution >= 0.6 is 11.3 Å². The molecule has 1 aliphatic carbocycles. The van der Waals surface area contributed by atoms with Gasteiger partial charge in [0, 0.05) is 5.92 Å². The third-order valence-corrected chi connectivity index (χ3v) is 3.97. The molecule has 0 radical (unpaired) electrons. The molecule has 2 amide bonds. The molecule has 3 rings (SSSR count). The first-order chi connectivity index (χ1) is 10.7. The number of rotatable bonds is 5. The minimum absolute atomic E-state index is 0.0521. The molecule has 1 saturated carbocycles. The Morgan fingerprint density at radius 3 is 2.68 bits per heavy atom. The van der Waals surface area contributed by atoms with Crippen LogP contribution in [0.25, 0.3) is 0 Å². The summed E-state index contributed by atoms with van der Waals surface area (Å²) in [6.45, 7) is 0. The third kappa shape index (κ3) is 3.17. The molecular weight excluding hydrogens is 304 g/mol. The quantitative estimate of drug-likeness (QED) is 0.827. The van der Waals surface area contributed by atoms with E-state index in [1.165, 1.54) is 6.20 Å². The lowest BCUT2D eigenvalue weighted by Gasteiger charge is -2.10. The van der Waals surface area contributed by atoms with Crippen molar-refractivity contribution in [3.63, 3.8) is 0 Å². The van der Waals surface area contributed by atoms with Gasteiger partial charge in [-0.25, -0.2) is 4.98 Å². The summed E-state index contributed by atoms with van der Waals surface area (Å²) in [7, 11) is 0. The highest BCUT2D eigenvalue weighted by Crippen LogP contribution is 2.31.